The van der Waals surface area contributed by atoms with Crippen LogP contribution in [0.1, 0.15) is 15.9 Å². The van der Waals surface area contributed by atoms with Crippen LogP contribution in [0.15, 0.2) is 45.3 Å². The van der Waals surface area contributed by atoms with Crippen LogP contribution in [0.2, 0.25) is 0 Å². The molecule has 0 radical (unpaired) electrons. The van der Waals surface area contributed by atoms with Crippen molar-refractivity contribution in [2.75, 3.05) is 0 Å². The second-order valence-corrected chi connectivity index (χ2v) is 5.87. The molecule has 0 aliphatic heterocycles. The molecular formula is C14H9Br2F2NO. The SMILES string of the molecule is O=C(NCc1ccc(Br)cc1F)c1cc(Br)ccc1F. The van der Waals surface area contributed by atoms with Crippen LogP contribution in [-0.2, 0) is 6.54 Å². The van der Waals surface area contributed by atoms with Crippen LogP contribution >= 0.6 is 31.9 Å². The zero-order chi connectivity index (χ0) is 14.7. The normalized spacial score (nSPS) is 10.4. The molecule has 0 saturated heterocycles. The summed E-state index contributed by atoms with van der Waals surface area (Å²) >= 11 is 6.32. The summed E-state index contributed by atoms with van der Waals surface area (Å²) < 4.78 is 28.3. The lowest BCUT2D eigenvalue weighted by atomic mass is 10.1. The van der Waals surface area contributed by atoms with E-state index < -0.39 is 17.5 Å². The lowest BCUT2D eigenvalue weighted by molar-refractivity contribution is 0.0946. The third-order valence-electron chi connectivity index (χ3n) is 2.63. The van der Waals surface area contributed by atoms with Crippen LogP contribution in [0.3, 0.4) is 0 Å². The number of hydrogen-bond acceptors (Lipinski definition) is 1. The van der Waals surface area contributed by atoms with Crippen LogP contribution < -0.4 is 5.32 Å². The molecule has 104 valence electrons. The molecule has 0 fully saturated rings. The van der Waals surface area contributed by atoms with E-state index in [1.54, 1.807) is 12.1 Å². The third-order valence-corrected chi connectivity index (χ3v) is 3.61. The molecule has 0 aromatic heterocycles. The maximum atomic E-state index is 13.6. The fourth-order valence-electron chi connectivity index (χ4n) is 1.61. The highest BCUT2D eigenvalue weighted by Crippen LogP contribution is 2.17. The van der Waals surface area contributed by atoms with Gasteiger partial charge in [0.25, 0.3) is 5.91 Å². The maximum absolute atomic E-state index is 13.6. The second kappa shape index (κ2) is 6.45. The summed E-state index contributed by atoms with van der Waals surface area (Å²) in [6.07, 6.45) is 0. The summed E-state index contributed by atoms with van der Waals surface area (Å²) in [5.74, 6) is -1.65. The zero-order valence-electron chi connectivity index (χ0n) is 10.1. The number of halogens is 4. The third kappa shape index (κ3) is 3.64. The summed E-state index contributed by atoms with van der Waals surface area (Å²) in [5, 5.41) is 2.49. The van der Waals surface area contributed by atoms with E-state index in [4.69, 9.17) is 0 Å². The molecule has 0 heterocycles. The largest absolute Gasteiger partial charge is 0.348 e. The minimum atomic E-state index is -0.623. The van der Waals surface area contributed by atoms with Gasteiger partial charge in [-0.25, -0.2) is 8.78 Å². The highest BCUT2D eigenvalue weighted by molar-refractivity contribution is 9.10. The van der Waals surface area contributed by atoms with Gasteiger partial charge in [0.2, 0.25) is 0 Å². The quantitative estimate of drug-likeness (QED) is 0.805. The van der Waals surface area contributed by atoms with Crippen molar-refractivity contribution in [2.24, 2.45) is 0 Å². The highest BCUT2D eigenvalue weighted by atomic mass is 79.9. The molecule has 2 nitrogen and oxygen atoms in total. The van der Waals surface area contributed by atoms with Gasteiger partial charge >= 0.3 is 0 Å². The van der Waals surface area contributed by atoms with Gasteiger partial charge in [-0.05, 0) is 30.3 Å². The van der Waals surface area contributed by atoms with Gasteiger partial charge in [0.15, 0.2) is 0 Å². The summed E-state index contributed by atoms with van der Waals surface area (Å²) in [6.45, 7) is -0.0100. The number of nitrogens with one attached hydrogen (secondary N) is 1. The van der Waals surface area contributed by atoms with Crippen molar-refractivity contribution in [3.63, 3.8) is 0 Å². The summed E-state index contributed by atoms with van der Waals surface area (Å²) in [4.78, 5) is 11.9. The molecule has 0 aliphatic carbocycles. The number of carbonyl (C=O) groups is 1. The van der Waals surface area contributed by atoms with Crippen LogP contribution in [0, 0.1) is 11.6 Å². The topological polar surface area (TPSA) is 29.1 Å². The molecule has 0 unspecified atom stereocenters. The van der Waals surface area contributed by atoms with Crippen molar-refractivity contribution >= 4 is 37.8 Å². The van der Waals surface area contributed by atoms with E-state index in [1.165, 1.54) is 24.3 Å². The van der Waals surface area contributed by atoms with Crippen LogP contribution in [0.25, 0.3) is 0 Å². The van der Waals surface area contributed by atoms with Gasteiger partial charge in [-0.1, -0.05) is 37.9 Å². The molecule has 0 bridgehead atoms. The van der Waals surface area contributed by atoms with Crippen LogP contribution in [0.5, 0.6) is 0 Å². The molecule has 2 aromatic rings. The van der Waals surface area contributed by atoms with Crippen molar-refractivity contribution in [3.8, 4) is 0 Å². The van der Waals surface area contributed by atoms with E-state index >= 15 is 0 Å². The molecule has 1 N–H and O–H groups in total. The fraction of sp³-hybridized carbons (Fsp3) is 0.0714. The smallest absolute Gasteiger partial charge is 0.254 e. The predicted octanol–water partition coefficient (Wildman–Crippen LogP) is 4.42. The standard InChI is InChI=1S/C14H9Br2F2NO/c15-9-3-4-12(17)11(5-9)14(20)19-7-8-1-2-10(16)6-13(8)18/h1-6H,7H2,(H,19,20). The van der Waals surface area contributed by atoms with Gasteiger partial charge in [-0.3, -0.25) is 4.79 Å². The van der Waals surface area contributed by atoms with Gasteiger partial charge in [0, 0.05) is 21.1 Å². The minimum absolute atomic E-state index is 0.0100. The molecule has 20 heavy (non-hydrogen) atoms. The monoisotopic (exact) mass is 403 g/mol. The highest BCUT2D eigenvalue weighted by Gasteiger charge is 2.12. The summed E-state index contributed by atoms with van der Waals surface area (Å²) in [7, 11) is 0. The minimum Gasteiger partial charge on any atom is -0.348 e. The van der Waals surface area contributed by atoms with E-state index in [0.29, 0.717) is 14.5 Å². The lowest BCUT2D eigenvalue weighted by Crippen LogP contribution is -2.24. The Labute approximate surface area is 131 Å². The van der Waals surface area contributed by atoms with Gasteiger partial charge in [-0.2, -0.15) is 0 Å². The first-order valence-electron chi connectivity index (χ1n) is 5.64. The Hall–Kier alpha value is -1.27. The average molecular weight is 405 g/mol. The van der Waals surface area contributed by atoms with Crippen molar-refractivity contribution in [3.05, 3.63) is 68.1 Å². The van der Waals surface area contributed by atoms with Gasteiger partial charge in [0.05, 0.1) is 5.56 Å². The van der Waals surface area contributed by atoms with Crippen LogP contribution in [-0.4, -0.2) is 5.91 Å². The molecule has 1 amide bonds. The molecule has 0 aliphatic rings. The van der Waals surface area contributed by atoms with E-state index in [2.05, 4.69) is 37.2 Å². The molecule has 0 spiro atoms. The number of amides is 1. The Morgan fingerprint density at radius 3 is 2.35 bits per heavy atom. The molecule has 0 saturated carbocycles. The van der Waals surface area contributed by atoms with Gasteiger partial charge in [0.1, 0.15) is 11.6 Å². The first-order valence-corrected chi connectivity index (χ1v) is 7.23. The Bertz CT molecular complexity index is 662. The number of rotatable bonds is 3. The Morgan fingerprint density at radius 1 is 1.00 bits per heavy atom. The molecule has 2 aromatic carbocycles. The first-order chi connectivity index (χ1) is 9.47. The average Bonchev–Trinajstić information content (AvgIpc) is 2.40. The second-order valence-electron chi connectivity index (χ2n) is 4.04. The maximum Gasteiger partial charge on any atom is 0.254 e. The summed E-state index contributed by atoms with van der Waals surface area (Å²) in [6, 6.07) is 8.60. The van der Waals surface area contributed by atoms with E-state index in [-0.39, 0.29) is 12.1 Å². The molecule has 0 atom stereocenters. The van der Waals surface area contributed by atoms with Gasteiger partial charge < -0.3 is 5.32 Å². The van der Waals surface area contributed by atoms with E-state index in [9.17, 15) is 13.6 Å². The fourth-order valence-corrected chi connectivity index (χ4v) is 2.30. The van der Waals surface area contributed by atoms with Crippen molar-refractivity contribution in [1.82, 2.24) is 5.32 Å². The van der Waals surface area contributed by atoms with E-state index in [1.807, 2.05) is 0 Å². The van der Waals surface area contributed by atoms with Gasteiger partial charge in [-0.15, -0.1) is 0 Å². The molecular weight excluding hydrogens is 396 g/mol. The van der Waals surface area contributed by atoms with Crippen LogP contribution in [0.4, 0.5) is 8.78 Å². The molecule has 6 heteroatoms. The summed E-state index contributed by atoms with van der Waals surface area (Å²) in [5.41, 5.74) is 0.244. The number of carbonyl (C=O) groups excluding carboxylic acids is 1. The lowest BCUT2D eigenvalue weighted by Gasteiger charge is -2.08. The number of hydrogen-bond donors (Lipinski definition) is 1. The Balaban J connectivity index is 2.10. The van der Waals surface area contributed by atoms with E-state index in [0.717, 1.165) is 0 Å². The Morgan fingerprint density at radius 2 is 1.65 bits per heavy atom. The van der Waals surface area contributed by atoms with Crippen molar-refractivity contribution in [2.45, 2.75) is 6.54 Å². The molecule has 2 rings (SSSR count). The predicted molar refractivity (Wildman–Crippen MR) is 79.4 cm³/mol. The Kier molecular flexibility index (Phi) is 4.88. The number of benzene rings is 2. The van der Waals surface area contributed by atoms with Crippen molar-refractivity contribution < 1.29 is 13.6 Å². The van der Waals surface area contributed by atoms with Crippen molar-refractivity contribution in [1.29, 1.82) is 0 Å². The first kappa shape index (κ1) is 15.1. The zero-order valence-corrected chi connectivity index (χ0v) is 13.3.